The lowest BCUT2D eigenvalue weighted by atomic mass is 10.0. The lowest BCUT2D eigenvalue weighted by molar-refractivity contribution is 0.102. The number of anilines is 2. The molecule has 0 aliphatic carbocycles. The van der Waals surface area contributed by atoms with Crippen molar-refractivity contribution in [1.29, 1.82) is 0 Å². The van der Waals surface area contributed by atoms with Gasteiger partial charge in [-0.1, -0.05) is 32.0 Å². The van der Waals surface area contributed by atoms with Gasteiger partial charge in [0, 0.05) is 12.7 Å². The van der Waals surface area contributed by atoms with Crippen LogP contribution in [0.5, 0.6) is 0 Å². The highest BCUT2D eigenvalue weighted by atomic mass is 16.1. The minimum absolute atomic E-state index is 0.256. The molecule has 0 saturated heterocycles. The Hall–Kier alpha value is -2.43. The second-order valence-corrected chi connectivity index (χ2v) is 4.75. The van der Waals surface area contributed by atoms with E-state index < -0.39 is 0 Å². The molecule has 0 saturated carbocycles. The monoisotopic (exact) mass is 270 g/mol. The normalized spacial score (nSPS) is 10.4. The number of nitrogens with zero attached hydrogens (tertiary/aromatic N) is 2. The highest BCUT2D eigenvalue weighted by molar-refractivity contribution is 6.03. The van der Waals surface area contributed by atoms with Crippen LogP contribution in [0.4, 0.5) is 11.5 Å². The Labute approximate surface area is 118 Å². The summed E-state index contributed by atoms with van der Waals surface area (Å²) < 4.78 is 0. The molecule has 5 nitrogen and oxygen atoms in total. The molecule has 2 rings (SSSR count). The lowest BCUT2D eigenvalue weighted by Gasteiger charge is -2.13. The van der Waals surface area contributed by atoms with Crippen LogP contribution in [0, 0.1) is 0 Å². The van der Waals surface area contributed by atoms with Gasteiger partial charge in [-0.05, 0) is 29.7 Å². The maximum Gasteiger partial charge on any atom is 0.276 e. The molecule has 5 heteroatoms. The van der Waals surface area contributed by atoms with Crippen molar-refractivity contribution >= 4 is 17.4 Å². The SMILES string of the molecule is CNc1ccc(C(=O)Nc2ccccc2C(C)C)nn1. The Morgan fingerprint density at radius 3 is 2.45 bits per heavy atom. The summed E-state index contributed by atoms with van der Waals surface area (Å²) in [6.07, 6.45) is 0. The Morgan fingerprint density at radius 1 is 1.10 bits per heavy atom. The van der Waals surface area contributed by atoms with Crippen molar-refractivity contribution in [3.8, 4) is 0 Å². The molecule has 104 valence electrons. The van der Waals surface area contributed by atoms with Crippen LogP contribution >= 0.6 is 0 Å². The van der Waals surface area contributed by atoms with Crippen LogP contribution < -0.4 is 10.6 Å². The minimum atomic E-state index is -0.256. The Morgan fingerprint density at radius 2 is 1.85 bits per heavy atom. The summed E-state index contributed by atoms with van der Waals surface area (Å²) in [4.78, 5) is 12.2. The first-order valence-electron chi connectivity index (χ1n) is 6.53. The topological polar surface area (TPSA) is 66.9 Å². The van der Waals surface area contributed by atoms with E-state index in [0.29, 0.717) is 17.4 Å². The predicted molar refractivity (Wildman–Crippen MR) is 80.1 cm³/mol. The van der Waals surface area contributed by atoms with Gasteiger partial charge in [-0.15, -0.1) is 10.2 Å². The number of benzene rings is 1. The van der Waals surface area contributed by atoms with E-state index in [-0.39, 0.29) is 5.91 Å². The molecule has 0 aliphatic heterocycles. The van der Waals surface area contributed by atoms with Gasteiger partial charge in [0.1, 0.15) is 5.82 Å². The van der Waals surface area contributed by atoms with E-state index in [1.807, 2.05) is 24.3 Å². The van der Waals surface area contributed by atoms with Crippen molar-refractivity contribution in [2.75, 3.05) is 17.7 Å². The third-order valence-corrected chi connectivity index (χ3v) is 2.98. The fraction of sp³-hybridized carbons (Fsp3) is 0.267. The molecule has 0 aliphatic rings. The van der Waals surface area contributed by atoms with E-state index in [1.165, 1.54) is 0 Å². The summed E-state index contributed by atoms with van der Waals surface area (Å²) in [6, 6.07) is 11.1. The molecular weight excluding hydrogens is 252 g/mol. The van der Waals surface area contributed by atoms with Crippen molar-refractivity contribution in [3.63, 3.8) is 0 Å². The molecule has 0 bridgehead atoms. The van der Waals surface area contributed by atoms with Crippen molar-refractivity contribution < 1.29 is 4.79 Å². The van der Waals surface area contributed by atoms with Gasteiger partial charge >= 0.3 is 0 Å². The summed E-state index contributed by atoms with van der Waals surface area (Å²) in [5.41, 5.74) is 2.20. The molecule has 20 heavy (non-hydrogen) atoms. The fourth-order valence-electron chi connectivity index (χ4n) is 1.89. The maximum atomic E-state index is 12.2. The van der Waals surface area contributed by atoms with Crippen LogP contribution in [0.2, 0.25) is 0 Å². The van der Waals surface area contributed by atoms with E-state index in [2.05, 4.69) is 34.7 Å². The van der Waals surface area contributed by atoms with Gasteiger partial charge in [0.25, 0.3) is 5.91 Å². The van der Waals surface area contributed by atoms with Gasteiger partial charge < -0.3 is 10.6 Å². The highest BCUT2D eigenvalue weighted by Crippen LogP contribution is 2.23. The van der Waals surface area contributed by atoms with Crippen LogP contribution in [-0.2, 0) is 0 Å². The summed E-state index contributed by atoms with van der Waals surface area (Å²) in [5, 5.41) is 13.5. The summed E-state index contributed by atoms with van der Waals surface area (Å²) in [6.45, 7) is 4.18. The average molecular weight is 270 g/mol. The van der Waals surface area contributed by atoms with Gasteiger partial charge in [0.2, 0.25) is 0 Å². The molecule has 2 aromatic rings. The van der Waals surface area contributed by atoms with E-state index in [9.17, 15) is 4.79 Å². The largest absolute Gasteiger partial charge is 0.372 e. The second-order valence-electron chi connectivity index (χ2n) is 4.75. The molecule has 1 heterocycles. The Bertz CT molecular complexity index is 593. The number of hydrogen-bond acceptors (Lipinski definition) is 4. The lowest BCUT2D eigenvalue weighted by Crippen LogP contribution is -2.16. The van der Waals surface area contributed by atoms with Crippen molar-refractivity contribution in [2.24, 2.45) is 0 Å². The van der Waals surface area contributed by atoms with Crippen molar-refractivity contribution in [2.45, 2.75) is 19.8 Å². The Kier molecular flexibility index (Phi) is 4.30. The molecule has 2 N–H and O–H groups in total. The fourth-order valence-corrected chi connectivity index (χ4v) is 1.89. The molecule has 0 radical (unpaired) electrons. The number of amides is 1. The number of para-hydroxylation sites is 1. The zero-order valence-corrected chi connectivity index (χ0v) is 11.8. The number of nitrogens with one attached hydrogen (secondary N) is 2. The van der Waals surface area contributed by atoms with Crippen LogP contribution in [-0.4, -0.2) is 23.2 Å². The van der Waals surface area contributed by atoms with Crippen LogP contribution in [0.15, 0.2) is 36.4 Å². The third-order valence-electron chi connectivity index (χ3n) is 2.98. The number of rotatable bonds is 4. The summed E-state index contributed by atoms with van der Waals surface area (Å²) in [7, 11) is 1.75. The molecule has 0 atom stereocenters. The molecule has 0 spiro atoms. The number of hydrogen-bond donors (Lipinski definition) is 2. The van der Waals surface area contributed by atoms with Crippen LogP contribution in [0.1, 0.15) is 35.8 Å². The van der Waals surface area contributed by atoms with E-state index >= 15 is 0 Å². The molecule has 1 amide bonds. The van der Waals surface area contributed by atoms with Gasteiger partial charge in [-0.2, -0.15) is 0 Å². The minimum Gasteiger partial charge on any atom is -0.372 e. The van der Waals surface area contributed by atoms with Crippen LogP contribution in [0.25, 0.3) is 0 Å². The third kappa shape index (κ3) is 3.12. The van der Waals surface area contributed by atoms with E-state index in [4.69, 9.17) is 0 Å². The summed E-state index contributed by atoms with van der Waals surface area (Å²) >= 11 is 0. The predicted octanol–water partition coefficient (Wildman–Crippen LogP) is 2.89. The molecule has 0 unspecified atom stereocenters. The first-order chi connectivity index (χ1) is 9.61. The van der Waals surface area contributed by atoms with Crippen LogP contribution in [0.3, 0.4) is 0 Å². The zero-order chi connectivity index (χ0) is 14.5. The number of aromatic nitrogens is 2. The van der Waals surface area contributed by atoms with Gasteiger partial charge in [-0.25, -0.2) is 0 Å². The number of carbonyl (C=O) groups is 1. The average Bonchev–Trinajstić information content (AvgIpc) is 2.47. The second kappa shape index (κ2) is 6.14. The molecular formula is C15H18N4O. The van der Waals surface area contributed by atoms with Gasteiger partial charge in [-0.3, -0.25) is 4.79 Å². The standard InChI is InChI=1S/C15H18N4O/c1-10(2)11-6-4-5-7-12(11)17-15(20)13-8-9-14(16-3)19-18-13/h4-10H,1-3H3,(H,16,19)(H,17,20). The van der Waals surface area contributed by atoms with Crippen molar-refractivity contribution in [3.05, 3.63) is 47.7 Å². The number of carbonyl (C=O) groups excluding carboxylic acids is 1. The maximum absolute atomic E-state index is 12.2. The van der Waals surface area contributed by atoms with Gasteiger partial charge in [0.05, 0.1) is 0 Å². The van der Waals surface area contributed by atoms with E-state index in [1.54, 1.807) is 19.2 Å². The summed E-state index contributed by atoms with van der Waals surface area (Å²) in [5.74, 6) is 0.710. The van der Waals surface area contributed by atoms with Crippen molar-refractivity contribution in [1.82, 2.24) is 10.2 Å². The first-order valence-corrected chi connectivity index (χ1v) is 6.53. The molecule has 0 fully saturated rings. The zero-order valence-electron chi connectivity index (χ0n) is 11.8. The molecule has 1 aromatic carbocycles. The Balaban J connectivity index is 2.19. The smallest absolute Gasteiger partial charge is 0.276 e. The quantitative estimate of drug-likeness (QED) is 0.896. The first kappa shape index (κ1) is 14.0. The highest BCUT2D eigenvalue weighted by Gasteiger charge is 2.12. The molecule has 1 aromatic heterocycles. The van der Waals surface area contributed by atoms with Gasteiger partial charge in [0.15, 0.2) is 5.69 Å². The van der Waals surface area contributed by atoms with E-state index in [0.717, 1.165) is 11.3 Å².